The van der Waals surface area contributed by atoms with Crippen molar-refractivity contribution in [2.24, 2.45) is 10.4 Å². The van der Waals surface area contributed by atoms with Crippen molar-refractivity contribution in [3.05, 3.63) is 172 Å². The number of aliphatic imine (C=N–C) groups is 1. The highest BCUT2D eigenvalue weighted by molar-refractivity contribution is 6.12. The third-order valence-corrected chi connectivity index (χ3v) is 14.4. The molecule has 0 fully saturated rings. The summed E-state index contributed by atoms with van der Waals surface area (Å²) in [5.74, 6) is 0.725. The first-order valence-corrected chi connectivity index (χ1v) is 22.5. The van der Waals surface area contributed by atoms with Crippen LogP contribution in [0, 0.1) is 33.1 Å². The second-order valence-corrected chi connectivity index (χ2v) is 20.8. The molecule has 314 valence electrons. The predicted molar refractivity (Wildman–Crippen MR) is 263 cm³/mol. The maximum Gasteiger partial charge on any atom is 0.217 e. The molecule has 5 heteroatoms. The number of ether oxygens (including phenoxy) is 1. The fraction of sp³-hybridized carbons (Fsp3) is 0.276. The van der Waals surface area contributed by atoms with Crippen LogP contribution in [0.1, 0.15) is 93.0 Å². The normalized spacial score (nSPS) is 18.7. The monoisotopic (exact) mass is 824 g/mol. The number of nitrogens with zero attached hydrogens (tertiary/aromatic N) is 4. The van der Waals surface area contributed by atoms with Crippen molar-refractivity contribution in [1.29, 1.82) is 0 Å². The quantitative estimate of drug-likeness (QED) is 0.177. The molecule has 9 aromatic rings. The molecule has 5 nitrogen and oxygen atoms in total. The molecule has 11 rings (SSSR count). The van der Waals surface area contributed by atoms with E-state index in [1.165, 1.54) is 71.7 Å². The van der Waals surface area contributed by atoms with Gasteiger partial charge in [0.05, 0.1) is 22.2 Å². The first-order chi connectivity index (χ1) is 30.0. The van der Waals surface area contributed by atoms with E-state index >= 15 is 0 Å². The minimum absolute atomic E-state index is 0.142. The van der Waals surface area contributed by atoms with E-state index in [2.05, 4.69) is 201 Å². The number of aryl methyl sites for hydroxylation is 4. The average molecular weight is 825 g/mol. The molecule has 0 saturated carbocycles. The van der Waals surface area contributed by atoms with E-state index in [4.69, 9.17) is 14.7 Å². The number of benzene rings is 6. The van der Waals surface area contributed by atoms with Crippen LogP contribution in [0.3, 0.4) is 0 Å². The maximum atomic E-state index is 7.51. The molecule has 1 aliphatic heterocycles. The van der Waals surface area contributed by atoms with E-state index in [1.54, 1.807) is 0 Å². The Morgan fingerprint density at radius 3 is 2.06 bits per heavy atom. The summed E-state index contributed by atoms with van der Waals surface area (Å²) in [7, 11) is 0. The molecule has 0 N–H and O–H groups in total. The van der Waals surface area contributed by atoms with Crippen molar-refractivity contribution >= 4 is 49.6 Å². The number of fused-ring (bicyclic) bond motifs is 9. The number of hydrogen-bond acceptors (Lipinski definition) is 3. The summed E-state index contributed by atoms with van der Waals surface area (Å²) in [5, 5.41) is 4.79. The fourth-order valence-electron chi connectivity index (χ4n) is 11.3. The zero-order chi connectivity index (χ0) is 44.0. The third-order valence-electron chi connectivity index (χ3n) is 14.4. The van der Waals surface area contributed by atoms with Gasteiger partial charge >= 0.3 is 0 Å². The summed E-state index contributed by atoms with van der Waals surface area (Å²) in [5.41, 5.74) is 17.5. The summed E-state index contributed by atoms with van der Waals surface area (Å²) >= 11 is 0. The Labute approximate surface area is 371 Å². The highest BCUT2D eigenvalue weighted by atomic mass is 16.5. The Morgan fingerprint density at radius 2 is 1.30 bits per heavy atom. The lowest BCUT2D eigenvalue weighted by molar-refractivity contribution is -0.0724. The second kappa shape index (κ2) is 13.3. The van der Waals surface area contributed by atoms with Crippen LogP contribution < -0.4 is 0 Å². The maximum absolute atomic E-state index is 7.51. The number of aromatic nitrogens is 3. The van der Waals surface area contributed by atoms with Gasteiger partial charge in [-0.3, -0.25) is 4.57 Å². The molecule has 63 heavy (non-hydrogen) atoms. The number of hydrogen-bond donors (Lipinski definition) is 0. The molecule has 0 spiro atoms. The van der Waals surface area contributed by atoms with Crippen LogP contribution in [0.15, 0.2) is 133 Å². The molecule has 3 aromatic heterocycles. The molecule has 0 bridgehead atoms. The largest absolute Gasteiger partial charge is 0.463 e. The Bertz CT molecular complexity index is 3420. The predicted octanol–water partition coefficient (Wildman–Crippen LogP) is 14.5. The van der Waals surface area contributed by atoms with Crippen LogP contribution in [-0.2, 0) is 22.2 Å². The van der Waals surface area contributed by atoms with Gasteiger partial charge in [-0.25, -0.2) is 9.98 Å². The summed E-state index contributed by atoms with van der Waals surface area (Å²) in [6, 6.07) is 45.2. The minimum Gasteiger partial charge on any atom is -0.463 e. The average Bonchev–Trinajstić information content (AvgIpc) is 3.92. The summed E-state index contributed by atoms with van der Waals surface area (Å²) in [6.07, 6.45) is 2.76. The van der Waals surface area contributed by atoms with Crippen molar-refractivity contribution in [3.8, 4) is 22.5 Å². The van der Waals surface area contributed by atoms with Crippen LogP contribution in [0.5, 0.6) is 0 Å². The van der Waals surface area contributed by atoms with Gasteiger partial charge in [-0.05, 0) is 146 Å². The fourth-order valence-corrected chi connectivity index (χ4v) is 11.3. The van der Waals surface area contributed by atoms with Crippen molar-refractivity contribution in [3.63, 3.8) is 0 Å². The second-order valence-electron chi connectivity index (χ2n) is 20.8. The topological polar surface area (TPSA) is 44.3 Å². The van der Waals surface area contributed by atoms with Crippen LogP contribution in [0.25, 0.3) is 66.2 Å². The molecule has 6 aromatic carbocycles. The van der Waals surface area contributed by atoms with Gasteiger partial charge in [-0.2, -0.15) is 0 Å². The lowest BCUT2D eigenvalue weighted by atomic mass is 9.65. The zero-order valence-corrected chi connectivity index (χ0v) is 38.5. The molecule has 2 atom stereocenters. The van der Waals surface area contributed by atoms with Gasteiger partial charge in [0.25, 0.3) is 0 Å². The first kappa shape index (κ1) is 39.4. The van der Waals surface area contributed by atoms with Crippen LogP contribution in [-0.4, -0.2) is 25.6 Å². The van der Waals surface area contributed by atoms with Crippen molar-refractivity contribution in [2.45, 2.75) is 99.1 Å². The summed E-state index contributed by atoms with van der Waals surface area (Å²) in [4.78, 5) is 10.7. The molecule has 0 radical (unpaired) electrons. The minimum atomic E-state index is -0.615. The molecular formula is C58H56N4O. The summed E-state index contributed by atoms with van der Waals surface area (Å²) in [6.45, 7) is 25.0. The van der Waals surface area contributed by atoms with Gasteiger partial charge in [0.2, 0.25) is 5.90 Å². The SMILES string of the molecule is Cc1ccc2c(c1)c1cc(C)c(-n3c4ccc(-c5ccccc5)cc4c4cccnc43)cc1n2-c1cc(C2=N[C@]3(C)Cc4cc(C)c(C)cc4[C@]3(C(C)(C)C)O2)cc(C(C)(C)C)c1. The zero-order valence-electron chi connectivity index (χ0n) is 38.5. The highest BCUT2D eigenvalue weighted by Gasteiger charge is 2.67. The summed E-state index contributed by atoms with van der Waals surface area (Å²) < 4.78 is 12.4. The van der Waals surface area contributed by atoms with Crippen LogP contribution in [0.2, 0.25) is 0 Å². The van der Waals surface area contributed by atoms with E-state index in [0.717, 1.165) is 51.3 Å². The molecule has 2 aliphatic rings. The molecule has 1 aliphatic carbocycles. The Balaban J connectivity index is 1.15. The van der Waals surface area contributed by atoms with Gasteiger partial charge in [-0.1, -0.05) is 102 Å². The van der Waals surface area contributed by atoms with E-state index in [1.807, 2.05) is 12.3 Å². The smallest absolute Gasteiger partial charge is 0.217 e. The van der Waals surface area contributed by atoms with Crippen molar-refractivity contribution in [1.82, 2.24) is 14.1 Å². The van der Waals surface area contributed by atoms with Crippen molar-refractivity contribution < 1.29 is 4.74 Å². The highest BCUT2D eigenvalue weighted by Crippen LogP contribution is 2.61. The number of pyridine rings is 1. The standard InChI is InChI=1S/C58H56N4O/c1-34-19-21-49-45(24-34)46-26-37(4)51(62-50-22-20-39(38-16-13-12-14-17-38)30-47(50)44-18-15-23-59-53(44)62)32-52(46)61(49)43-29-40(28-42(31-43)55(5,6)7)54-60-57(11)33-41-25-35(2)36(3)27-48(41)58(57,63-54)56(8,9)10/h12-32H,33H2,1-11H3/t57-,58-/m1/s1. The van der Waals surface area contributed by atoms with Crippen LogP contribution >= 0.6 is 0 Å². The lowest BCUT2D eigenvalue weighted by Gasteiger charge is -2.46. The van der Waals surface area contributed by atoms with E-state index in [0.29, 0.717) is 0 Å². The van der Waals surface area contributed by atoms with E-state index < -0.39 is 11.1 Å². The third kappa shape index (κ3) is 5.67. The van der Waals surface area contributed by atoms with Gasteiger partial charge in [0.15, 0.2) is 5.60 Å². The van der Waals surface area contributed by atoms with Gasteiger partial charge in [0.1, 0.15) is 11.2 Å². The number of rotatable bonds is 4. The lowest BCUT2D eigenvalue weighted by Crippen LogP contribution is -2.52. The van der Waals surface area contributed by atoms with Gasteiger partial charge in [-0.15, -0.1) is 0 Å². The molecular weight excluding hydrogens is 769 g/mol. The molecule has 0 saturated heterocycles. The van der Waals surface area contributed by atoms with Crippen LogP contribution in [0.4, 0.5) is 0 Å². The first-order valence-electron chi connectivity index (χ1n) is 22.5. The Morgan fingerprint density at radius 1 is 0.587 bits per heavy atom. The van der Waals surface area contributed by atoms with Gasteiger partial charge in [0, 0.05) is 56.4 Å². The van der Waals surface area contributed by atoms with E-state index in [-0.39, 0.29) is 10.8 Å². The van der Waals surface area contributed by atoms with Crippen molar-refractivity contribution in [2.75, 3.05) is 0 Å². The Kier molecular flexibility index (Phi) is 8.30. The molecule has 4 heterocycles. The van der Waals surface area contributed by atoms with Gasteiger partial charge < -0.3 is 9.30 Å². The van der Waals surface area contributed by atoms with E-state index in [9.17, 15) is 0 Å². The molecule has 0 unspecified atom stereocenters. The molecule has 0 amide bonds. The Hall–Kier alpha value is -6.46.